The fourth-order valence-corrected chi connectivity index (χ4v) is 2.74. The van der Waals surface area contributed by atoms with Crippen LogP contribution in [0.2, 0.25) is 5.02 Å². The van der Waals surface area contributed by atoms with Gasteiger partial charge in [-0.3, -0.25) is 4.79 Å². The summed E-state index contributed by atoms with van der Waals surface area (Å²) in [5.74, 6) is 0.749. The highest BCUT2D eigenvalue weighted by Crippen LogP contribution is 2.20. The van der Waals surface area contributed by atoms with Crippen LogP contribution in [0.1, 0.15) is 21.5 Å². The van der Waals surface area contributed by atoms with E-state index in [4.69, 9.17) is 21.1 Å². The van der Waals surface area contributed by atoms with E-state index in [2.05, 4.69) is 17.1 Å². The smallest absolute Gasteiger partial charge is 0.275 e. The van der Waals surface area contributed by atoms with Crippen LogP contribution in [0.3, 0.4) is 0 Å². The van der Waals surface area contributed by atoms with Gasteiger partial charge in [0.05, 0.1) is 11.8 Å². The van der Waals surface area contributed by atoms with Crippen LogP contribution >= 0.6 is 11.6 Å². The van der Waals surface area contributed by atoms with Crippen molar-refractivity contribution >= 4 is 23.7 Å². The number of nitrogens with one attached hydrogen (secondary N) is 1. The van der Waals surface area contributed by atoms with E-state index in [1.165, 1.54) is 6.21 Å². The zero-order valence-electron chi connectivity index (χ0n) is 16.3. The molecule has 6 heteroatoms. The molecule has 0 bridgehead atoms. The first-order chi connectivity index (χ1) is 14.7. The van der Waals surface area contributed by atoms with Crippen molar-refractivity contribution in [1.82, 2.24) is 5.43 Å². The average Bonchev–Trinajstić information content (AvgIpc) is 2.78. The molecule has 3 rings (SSSR count). The lowest BCUT2D eigenvalue weighted by Crippen LogP contribution is -2.18. The Morgan fingerprint density at radius 1 is 0.967 bits per heavy atom. The van der Waals surface area contributed by atoms with Gasteiger partial charge >= 0.3 is 0 Å². The van der Waals surface area contributed by atoms with Gasteiger partial charge in [0, 0.05) is 10.6 Å². The third kappa shape index (κ3) is 5.96. The maximum atomic E-state index is 12.6. The van der Waals surface area contributed by atoms with Crippen molar-refractivity contribution in [3.05, 3.63) is 107 Å². The molecule has 30 heavy (non-hydrogen) atoms. The van der Waals surface area contributed by atoms with Crippen molar-refractivity contribution in [2.75, 3.05) is 6.61 Å². The summed E-state index contributed by atoms with van der Waals surface area (Å²) < 4.78 is 11.4. The molecule has 3 aromatic rings. The highest BCUT2D eigenvalue weighted by atomic mass is 35.5. The van der Waals surface area contributed by atoms with Gasteiger partial charge in [-0.1, -0.05) is 60.7 Å². The Bertz CT molecular complexity index is 1030. The number of halogens is 1. The molecule has 0 aliphatic heterocycles. The van der Waals surface area contributed by atoms with Gasteiger partial charge in [-0.15, -0.1) is 0 Å². The van der Waals surface area contributed by atoms with E-state index in [1.54, 1.807) is 36.4 Å². The number of hydrogen-bond donors (Lipinski definition) is 1. The second kappa shape index (κ2) is 10.8. The number of nitrogens with zero attached hydrogens (tertiary/aromatic N) is 1. The van der Waals surface area contributed by atoms with E-state index in [9.17, 15) is 4.79 Å². The predicted octanol–water partition coefficient (Wildman–Crippen LogP) is 5.25. The zero-order valence-corrected chi connectivity index (χ0v) is 17.0. The van der Waals surface area contributed by atoms with Gasteiger partial charge in [0.25, 0.3) is 5.91 Å². The summed E-state index contributed by atoms with van der Waals surface area (Å²) in [6, 6.07) is 21.7. The van der Waals surface area contributed by atoms with Crippen LogP contribution in [0.15, 0.2) is 90.6 Å². The predicted molar refractivity (Wildman–Crippen MR) is 119 cm³/mol. The molecule has 0 aromatic heterocycles. The van der Waals surface area contributed by atoms with Gasteiger partial charge in [0.15, 0.2) is 0 Å². The van der Waals surface area contributed by atoms with E-state index >= 15 is 0 Å². The van der Waals surface area contributed by atoms with Gasteiger partial charge in [0.2, 0.25) is 0 Å². The van der Waals surface area contributed by atoms with Gasteiger partial charge in [-0.2, -0.15) is 5.10 Å². The molecule has 0 heterocycles. The number of amides is 1. The van der Waals surface area contributed by atoms with Crippen molar-refractivity contribution in [3.8, 4) is 11.5 Å². The van der Waals surface area contributed by atoms with Crippen molar-refractivity contribution < 1.29 is 14.3 Å². The Balaban J connectivity index is 1.65. The number of hydrazone groups is 1. The summed E-state index contributed by atoms with van der Waals surface area (Å²) >= 11 is 5.90. The normalized spacial score (nSPS) is 10.6. The van der Waals surface area contributed by atoms with Crippen molar-refractivity contribution in [2.24, 2.45) is 5.10 Å². The molecule has 0 radical (unpaired) electrons. The number of ether oxygens (including phenoxy) is 2. The summed E-state index contributed by atoms with van der Waals surface area (Å²) in [6.45, 7) is 4.34. The third-order valence-corrected chi connectivity index (χ3v) is 4.34. The van der Waals surface area contributed by atoms with E-state index in [-0.39, 0.29) is 5.91 Å². The first kappa shape index (κ1) is 21.1. The van der Waals surface area contributed by atoms with E-state index in [0.717, 1.165) is 11.1 Å². The van der Waals surface area contributed by atoms with Crippen molar-refractivity contribution in [1.29, 1.82) is 0 Å². The third-order valence-electron chi connectivity index (χ3n) is 4.08. The van der Waals surface area contributed by atoms with Crippen molar-refractivity contribution in [2.45, 2.75) is 6.61 Å². The van der Waals surface area contributed by atoms with Crippen LogP contribution in [0.25, 0.3) is 0 Å². The Morgan fingerprint density at radius 2 is 1.67 bits per heavy atom. The number of para-hydroxylation sites is 2. The molecule has 152 valence electrons. The molecular formula is C24H21ClN2O3. The second-order valence-corrected chi connectivity index (χ2v) is 6.68. The van der Waals surface area contributed by atoms with Crippen LogP contribution in [-0.2, 0) is 6.61 Å². The first-order valence-electron chi connectivity index (χ1n) is 9.30. The topological polar surface area (TPSA) is 59.9 Å². The molecule has 0 aliphatic rings. The maximum absolute atomic E-state index is 12.6. The van der Waals surface area contributed by atoms with E-state index in [0.29, 0.717) is 35.3 Å². The van der Waals surface area contributed by atoms with Crippen LogP contribution in [0.4, 0.5) is 0 Å². The highest BCUT2D eigenvalue weighted by Gasteiger charge is 2.11. The number of rotatable bonds is 9. The molecule has 5 nitrogen and oxygen atoms in total. The molecule has 0 aliphatic carbocycles. The largest absolute Gasteiger partial charge is 0.489 e. The number of carbonyl (C=O) groups excluding carboxylic acids is 1. The molecule has 1 N–H and O–H groups in total. The molecular weight excluding hydrogens is 400 g/mol. The van der Waals surface area contributed by atoms with Gasteiger partial charge in [0.1, 0.15) is 24.7 Å². The second-order valence-electron chi connectivity index (χ2n) is 6.25. The SMILES string of the molecule is C=CCOc1ccccc1/C=N\NC(=O)c1ccccc1OCc1ccc(Cl)cc1. The number of hydrogen-bond acceptors (Lipinski definition) is 4. The summed E-state index contributed by atoms with van der Waals surface area (Å²) in [6.07, 6.45) is 3.20. The molecule has 0 saturated heterocycles. The molecule has 0 saturated carbocycles. The standard InChI is InChI=1S/C24H21ClN2O3/c1-2-15-29-22-9-5-3-7-19(22)16-26-27-24(28)21-8-4-6-10-23(21)30-17-18-11-13-20(25)14-12-18/h2-14,16H,1,15,17H2,(H,27,28)/b26-16-. The Hall–Kier alpha value is -3.57. The van der Waals surface area contributed by atoms with E-state index < -0.39 is 0 Å². The van der Waals surface area contributed by atoms with Crippen LogP contribution in [0.5, 0.6) is 11.5 Å². The molecule has 0 unspecified atom stereocenters. The van der Waals surface area contributed by atoms with Gasteiger partial charge in [-0.05, 0) is 42.0 Å². The van der Waals surface area contributed by atoms with E-state index in [1.807, 2.05) is 42.5 Å². The number of carbonyl (C=O) groups is 1. The minimum atomic E-state index is -0.373. The minimum Gasteiger partial charge on any atom is -0.489 e. The molecule has 0 spiro atoms. The lowest BCUT2D eigenvalue weighted by Gasteiger charge is -2.10. The van der Waals surface area contributed by atoms with Crippen molar-refractivity contribution in [3.63, 3.8) is 0 Å². The Labute approximate surface area is 180 Å². The summed E-state index contributed by atoms with van der Waals surface area (Å²) in [5, 5.41) is 4.72. The fourth-order valence-electron chi connectivity index (χ4n) is 2.61. The lowest BCUT2D eigenvalue weighted by atomic mass is 10.2. The molecule has 3 aromatic carbocycles. The number of benzene rings is 3. The minimum absolute atomic E-state index is 0.318. The molecule has 0 fully saturated rings. The highest BCUT2D eigenvalue weighted by molar-refractivity contribution is 6.30. The van der Waals surface area contributed by atoms with Gasteiger partial charge in [-0.25, -0.2) is 5.43 Å². The van der Waals surface area contributed by atoms with Gasteiger partial charge < -0.3 is 9.47 Å². The maximum Gasteiger partial charge on any atom is 0.275 e. The zero-order chi connectivity index (χ0) is 21.2. The Kier molecular flexibility index (Phi) is 7.64. The summed E-state index contributed by atoms with van der Waals surface area (Å²) in [5.41, 5.74) is 4.61. The molecule has 1 amide bonds. The fraction of sp³-hybridized carbons (Fsp3) is 0.0833. The first-order valence-corrected chi connectivity index (χ1v) is 9.67. The molecule has 0 atom stereocenters. The van der Waals surface area contributed by atoms with Crippen LogP contribution in [0, 0.1) is 0 Å². The van der Waals surface area contributed by atoms with Crippen LogP contribution in [-0.4, -0.2) is 18.7 Å². The average molecular weight is 421 g/mol. The monoisotopic (exact) mass is 420 g/mol. The van der Waals surface area contributed by atoms with Crippen LogP contribution < -0.4 is 14.9 Å². The quantitative estimate of drug-likeness (QED) is 0.292. The summed E-state index contributed by atoms with van der Waals surface area (Å²) in [4.78, 5) is 12.6. The Morgan fingerprint density at radius 3 is 2.43 bits per heavy atom. The summed E-state index contributed by atoms with van der Waals surface area (Å²) in [7, 11) is 0. The lowest BCUT2D eigenvalue weighted by molar-refractivity contribution is 0.0950.